The third-order valence-corrected chi connectivity index (χ3v) is 21.4. The average molecular weight is 1630 g/mol. The molecule has 3 aliphatic heterocycles. The molecule has 6 atom stereocenters. The van der Waals surface area contributed by atoms with E-state index in [9.17, 15) is 19.2 Å². The number of nitrogens with zero attached hydrogens (tertiary/aromatic N) is 9. The Morgan fingerprint density at radius 3 is 0.946 bits per heavy atom. The maximum atomic E-state index is 12.0. The van der Waals surface area contributed by atoms with Gasteiger partial charge in [-0.2, -0.15) is 0 Å². The van der Waals surface area contributed by atoms with E-state index in [1.165, 1.54) is 67.8 Å². The number of ether oxygens (including phenoxy) is 6. The van der Waals surface area contributed by atoms with E-state index in [0.29, 0.717) is 137 Å². The maximum absolute atomic E-state index is 12.0. The van der Waals surface area contributed by atoms with Gasteiger partial charge in [-0.25, -0.2) is 29.9 Å². The lowest BCUT2D eigenvalue weighted by molar-refractivity contribution is -0.131. The topological polar surface area (TPSA) is 283 Å². The number of hydrogen-bond donors (Lipinski definition) is 6. The fraction of sp³-hybridized carbons (Fsp3) is 0.300. The predicted molar refractivity (Wildman–Crippen MR) is 442 cm³/mol. The summed E-state index contributed by atoms with van der Waals surface area (Å²) in [5.41, 5.74) is 8.23. The highest BCUT2D eigenvalue weighted by Crippen LogP contribution is 2.49. The Labute approximate surface area is 673 Å². The van der Waals surface area contributed by atoms with Crippen molar-refractivity contribution in [2.75, 3.05) is 97.9 Å². The lowest BCUT2D eigenvalue weighted by atomic mass is 9.98. The van der Waals surface area contributed by atoms with Crippen molar-refractivity contribution < 1.29 is 47.6 Å². The lowest BCUT2D eigenvalue weighted by Crippen LogP contribution is -2.58. The van der Waals surface area contributed by atoms with Crippen LogP contribution >= 0.6 is 69.6 Å². The molecule has 9 aromatic rings. The molecule has 6 N–H and O–H groups in total. The highest BCUT2D eigenvalue weighted by molar-refractivity contribution is 6.42. The molecule has 3 saturated heterocycles. The Balaban J connectivity index is 0.000000177. The van der Waals surface area contributed by atoms with Gasteiger partial charge in [0, 0.05) is 127 Å². The minimum absolute atomic E-state index is 0.0390. The van der Waals surface area contributed by atoms with Crippen LogP contribution in [0.3, 0.4) is 0 Å². The summed E-state index contributed by atoms with van der Waals surface area (Å²) in [6.07, 6.45) is 11.1. The molecule has 25 nitrogen and oxygen atoms in total. The number of nitrogens with one attached hydrogen (secondary N) is 6. The minimum Gasteiger partial charge on any atom is -0.495 e. The SMILES string of the molecule is C=CC(=O)NC1CN(C(C)=O)CCC1Nc1ncc2cc(-c3c(Cl)c(OC)cc(OC)c3Cl)ccc2n1.C=CC(=O)N[C@@H]1CCN(C(=C)C)C[C@@H]1Nc1ncc2cc(-c3c(Cl)c(OC)cc(OC)c3Cl)ccc2n1.C=CC(=O)N[C@H]1CCN(C(=C)C)C[C@H]1Nc1ncc2cc(-c3c(Cl)c(OC)cc(OC)c3Cl)ccc2n1. The summed E-state index contributed by atoms with van der Waals surface area (Å²) >= 11 is 39.6. The largest absolute Gasteiger partial charge is 0.495 e. The number of allylic oxidation sites excluding steroid dienone is 2. The van der Waals surface area contributed by atoms with Gasteiger partial charge in [0.15, 0.2) is 0 Å². The van der Waals surface area contributed by atoms with Gasteiger partial charge in [-0.3, -0.25) is 19.2 Å². The number of amides is 4. The highest BCUT2D eigenvalue weighted by atomic mass is 35.5. The van der Waals surface area contributed by atoms with Crippen LogP contribution < -0.4 is 60.3 Å². The van der Waals surface area contributed by atoms with Crippen LogP contribution in [0.15, 0.2) is 154 Å². The molecule has 31 heteroatoms. The first kappa shape index (κ1) is 82.9. The number of fused-ring (bicyclic) bond motifs is 3. The smallest absolute Gasteiger partial charge is 0.243 e. The number of anilines is 3. The van der Waals surface area contributed by atoms with Crippen LogP contribution in [0.25, 0.3) is 66.1 Å². The fourth-order valence-corrected chi connectivity index (χ4v) is 15.4. The fourth-order valence-electron chi connectivity index (χ4n) is 13.2. The molecule has 3 aromatic heterocycles. The van der Waals surface area contributed by atoms with E-state index in [1.807, 2.05) is 68.4 Å². The molecule has 3 fully saturated rings. The summed E-state index contributed by atoms with van der Waals surface area (Å²) in [6, 6.07) is 21.0. The number of halogens is 6. The van der Waals surface area contributed by atoms with Gasteiger partial charge in [-0.15, -0.1) is 0 Å². The summed E-state index contributed by atoms with van der Waals surface area (Å²) in [5, 5.41) is 23.7. The number of benzene rings is 6. The van der Waals surface area contributed by atoms with Gasteiger partial charge in [0.1, 0.15) is 34.5 Å². The maximum Gasteiger partial charge on any atom is 0.243 e. The first-order chi connectivity index (χ1) is 53.2. The predicted octanol–water partition coefficient (Wildman–Crippen LogP) is 14.9. The molecule has 0 bridgehead atoms. The second-order valence-electron chi connectivity index (χ2n) is 26.2. The van der Waals surface area contributed by atoms with Crippen molar-refractivity contribution in [3.8, 4) is 67.9 Å². The number of carbonyl (C=O) groups excluding carboxylic acids is 4. The monoisotopic (exact) mass is 1630 g/mol. The highest BCUT2D eigenvalue weighted by Gasteiger charge is 2.35. The molecule has 0 spiro atoms. The number of carbonyl (C=O) groups is 4. The zero-order valence-corrected chi connectivity index (χ0v) is 67.2. The quantitative estimate of drug-likeness (QED) is 0.0325. The summed E-state index contributed by atoms with van der Waals surface area (Å²) in [5.74, 6) is 3.32. The number of aromatic nitrogens is 6. The van der Waals surface area contributed by atoms with E-state index < -0.39 is 0 Å². The van der Waals surface area contributed by atoms with Crippen molar-refractivity contribution in [1.29, 1.82) is 0 Å². The minimum atomic E-state index is -0.322. The van der Waals surface area contributed by atoms with Crippen LogP contribution in [0.2, 0.25) is 30.1 Å². The summed E-state index contributed by atoms with van der Waals surface area (Å²) < 4.78 is 32.4. The number of piperidine rings is 3. The molecule has 3 aliphatic rings. The molecular formula is C80H85Cl6N15O10. The molecule has 0 saturated carbocycles. The van der Waals surface area contributed by atoms with Crippen LogP contribution in [-0.2, 0) is 19.2 Å². The molecule has 12 rings (SSSR count). The molecule has 0 aliphatic carbocycles. The Bertz CT molecular complexity index is 4790. The van der Waals surface area contributed by atoms with E-state index in [2.05, 4.69) is 94.5 Å². The van der Waals surface area contributed by atoms with Gasteiger partial charge in [-0.05, 0) is 104 Å². The van der Waals surface area contributed by atoms with Crippen molar-refractivity contribution >= 4 is 144 Å². The van der Waals surface area contributed by atoms with E-state index in [1.54, 1.807) is 41.7 Å². The van der Waals surface area contributed by atoms with Crippen molar-refractivity contribution in [2.24, 2.45) is 0 Å². The van der Waals surface area contributed by atoms with Crippen LogP contribution in [0.5, 0.6) is 34.5 Å². The Hall–Kier alpha value is -10.5. The van der Waals surface area contributed by atoms with E-state index in [-0.39, 0.29) is 59.9 Å². The van der Waals surface area contributed by atoms with Crippen molar-refractivity contribution in [3.63, 3.8) is 0 Å². The molecular weight excluding hydrogens is 1540 g/mol. The second-order valence-corrected chi connectivity index (χ2v) is 28.4. The standard InChI is InChI=1S/2C27H29Cl2N5O3.C26H27Cl2N5O4/c2*1-6-23(35)31-19-9-10-34(15(2)3)14-20(19)33-27-30-13-17-11-16(7-8-18(17)32-27)24-25(28)21(36-4)12-22(37-5)26(24)29;1-5-22(35)30-19-13-33(14(2)34)9-8-18(19)32-26-29-12-16-10-15(6-7-17(16)31-26)23-24(27)20(36-3)11-21(37-4)25(23)28/h2*6-8,11-13,19-20H,1-2,9-10,14H2,3-5H3,(H,31,35)(H,30,32,33);5-7,10-12,18-19H,1,8-9,13H2,2-4H3,(H,30,35)(H,29,31,32)/t2*19-,20+;/m10./s1. The van der Waals surface area contributed by atoms with Gasteiger partial charge in [-0.1, -0.05) is 121 Å². The molecule has 0 radical (unpaired) electrons. The number of likely N-dealkylation sites (tertiary alicyclic amines) is 3. The average Bonchev–Trinajstić information content (AvgIpc) is 0.783. The first-order valence-corrected chi connectivity index (χ1v) is 37.3. The van der Waals surface area contributed by atoms with Crippen LogP contribution in [0.4, 0.5) is 17.8 Å². The zero-order chi connectivity index (χ0) is 80.1. The molecule has 2 unspecified atom stereocenters. The van der Waals surface area contributed by atoms with Gasteiger partial charge in [0.2, 0.25) is 41.5 Å². The van der Waals surface area contributed by atoms with Crippen LogP contribution in [0, 0.1) is 0 Å². The lowest BCUT2D eigenvalue weighted by Gasteiger charge is -2.40. The number of rotatable bonds is 23. The van der Waals surface area contributed by atoms with Crippen molar-refractivity contribution in [3.05, 3.63) is 184 Å². The van der Waals surface area contributed by atoms with E-state index >= 15 is 0 Å². The molecule has 582 valence electrons. The second kappa shape index (κ2) is 37.4. The van der Waals surface area contributed by atoms with Gasteiger partial charge >= 0.3 is 0 Å². The summed E-state index contributed by atoms with van der Waals surface area (Å²) in [4.78, 5) is 81.5. The third kappa shape index (κ3) is 19.4. The van der Waals surface area contributed by atoms with Crippen LogP contribution in [-0.4, -0.2) is 186 Å². The van der Waals surface area contributed by atoms with Crippen molar-refractivity contribution in [2.45, 2.75) is 76.3 Å². The Morgan fingerprint density at radius 2 is 0.667 bits per heavy atom. The molecule has 111 heavy (non-hydrogen) atoms. The van der Waals surface area contributed by atoms with Crippen molar-refractivity contribution in [1.82, 2.24) is 60.6 Å². The first-order valence-electron chi connectivity index (χ1n) is 35.0. The van der Waals surface area contributed by atoms with Gasteiger partial charge in [0.25, 0.3) is 0 Å². The summed E-state index contributed by atoms with van der Waals surface area (Å²) in [6.45, 7) is 28.1. The molecule has 4 amide bonds. The normalized spacial score (nSPS) is 17.3. The van der Waals surface area contributed by atoms with Crippen LogP contribution in [0.1, 0.15) is 40.0 Å². The number of hydrogen-bond acceptors (Lipinski definition) is 21. The molecule has 6 aromatic carbocycles. The van der Waals surface area contributed by atoms with Gasteiger partial charge in [0.05, 0.1) is 126 Å². The Kier molecular flexibility index (Phi) is 28.0. The number of methoxy groups -OCH3 is 6. The molecule has 6 heterocycles. The Morgan fingerprint density at radius 1 is 0.396 bits per heavy atom. The van der Waals surface area contributed by atoms with E-state index in [0.717, 1.165) is 81.2 Å². The zero-order valence-electron chi connectivity index (χ0n) is 62.6. The summed E-state index contributed by atoms with van der Waals surface area (Å²) in [7, 11) is 9.20. The van der Waals surface area contributed by atoms with E-state index in [4.69, 9.17) is 108 Å². The third-order valence-electron chi connectivity index (χ3n) is 19.2. The van der Waals surface area contributed by atoms with Gasteiger partial charge < -0.3 is 75.0 Å².